The van der Waals surface area contributed by atoms with Crippen molar-refractivity contribution in [3.05, 3.63) is 6.42 Å². The minimum absolute atomic E-state index is 0. The average Bonchev–Trinajstić information content (AvgIpc) is 1.37. The Bertz CT molecular complexity index is 9.51. The van der Waals surface area contributed by atoms with E-state index in [9.17, 15) is 0 Å². The third-order valence-electron chi connectivity index (χ3n) is 0.408. The van der Waals surface area contributed by atoms with Crippen molar-refractivity contribution in [2.75, 3.05) is 0 Å². The van der Waals surface area contributed by atoms with Gasteiger partial charge in [0.25, 0.3) is 0 Å². The van der Waals surface area contributed by atoms with E-state index in [-0.39, 0.29) is 31.9 Å². The van der Waals surface area contributed by atoms with Gasteiger partial charge in [-0.1, -0.05) is 20.3 Å². The molecule has 0 unspecified atom stereocenters. The van der Waals surface area contributed by atoms with E-state index in [0.29, 0.717) is 0 Å². The standard InChI is InChI=1S/C4H9.ClH.Zn/c1-3-4-2;;/h3H,4H2,1-2H3;1H;/p-1. The summed E-state index contributed by atoms with van der Waals surface area (Å²) in [5, 5.41) is 0. The fraction of sp³-hybridized carbons (Fsp3) is 0.750. The van der Waals surface area contributed by atoms with Crippen LogP contribution in [0, 0.1) is 6.42 Å². The van der Waals surface area contributed by atoms with Crippen molar-refractivity contribution in [1.29, 1.82) is 0 Å². The van der Waals surface area contributed by atoms with E-state index in [1.807, 2.05) is 0 Å². The van der Waals surface area contributed by atoms with Gasteiger partial charge in [-0.25, -0.2) is 0 Å². The maximum Gasteiger partial charge on any atom is 0 e. The molecule has 0 N–H and O–H groups in total. The summed E-state index contributed by atoms with van der Waals surface area (Å²) in [5.41, 5.74) is 0. The first-order valence-corrected chi connectivity index (χ1v) is 1.69. The molecule has 0 aliphatic heterocycles. The van der Waals surface area contributed by atoms with Crippen LogP contribution in [0.4, 0.5) is 0 Å². The Kier molecular flexibility index (Phi) is 44.2. The van der Waals surface area contributed by atoms with Gasteiger partial charge in [-0.2, -0.15) is 0 Å². The van der Waals surface area contributed by atoms with Gasteiger partial charge in [-0.05, 0) is 6.42 Å². The molecule has 0 aromatic carbocycles. The molecule has 0 saturated heterocycles. The van der Waals surface area contributed by atoms with Crippen LogP contribution in [0.1, 0.15) is 20.3 Å². The van der Waals surface area contributed by atoms with Crippen LogP contribution in [0.15, 0.2) is 0 Å². The summed E-state index contributed by atoms with van der Waals surface area (Å²) in [6.45, 7) is 4.18. The van der Waals surface area contributed by atoms with Crippen molar-refractivity contribution in [3.63, 3.8) is 0 Å². The van der Waals surface area contributed by atoms with Gasteiger partial charge in [0, 0.05) is 19.5 Å². The zero-order valence-electron chi connectivity index (χ0n) is 4.37. The molecule has 0 aromatic heterocycles. The summed E-state index contributed by atoms with van der Waals surface area (Å²) in [6.07, 6.45) is 3.32. The molecule has 2 heteroatoms. The van der Waals surface area contributed by atoms with Gasteiger partial charge in [0.1, 0.15) is 0 Å². The molecule has 0 aromatic rings. The fourth-order valence-electron chi connectivity index (χ4n) is 0. The monoisotopic (exact) mass is 156 g/mol. The van der Waals surface area contributed by atoms with Crippen LogP contribution in [0.3, 0.4) is 0 Å². The average molecular weight is 158 g/mol. The largest absolute Gasteiger partial charge is 1.00 e. The minimum Gasteiger partial charge on any atom is -1.00 e. The predicted molar refractivity (Wildman–Crippen MR) is 20.3 cm³/mol. The molecule has 0 aliphatic rings. The molecule has 0 spiro atoms. The Morgan fingerprint density at radius 3 is 1.67 bits per heavy atom. The van der Waals surface area contributed by atoms with Gasteiger partial charge in [0.05, 0.1) is 0 Å². The van der Waals surface area contributed by atoms with Gasteiger partial charge in [-0.3, -0.25) is 0 Å². The number of halogens is 1. The van der Waals surface area contributed by atoms with Crippen LogP contribution in [0.2, 0.25) is 0 Å². The molecule has 1 radical (unpaired) electrons. The molecule has 0 rings (SSSR count). The number of hydrogen-bond acceptors (Lipinski definition) is 0. The molecular formula is C4H9ClZn-. The minimum atomic E-state index is 0. The van der Waals surface area contributed by atoms with E-state index < -0.39 is 0 Å². The molecule has 0 bridgehead atoms. The maximum atomic E-state index is 2.12. The normalized spacial score (nSPS) is 5.00. The van der Waals surface area contributed by atoms with E-state index in [1.165, 1.54) is 6.42 Å². The molecule has 0 aliphatic carbocycles. The second-order valence-corrected chi connectivity index (χ2v) is 0.816. The van der Waals surface area contributed by atoms with Crippen molar-refractivity contribution in [2.45, 2.75) is 20.3 Å². The summed E-state index contributed by atoms with van der Waals surface area (Å²) < 4.78 is 0. The molecule has 0 fully saturated rings. The summed E-state index contributed by atoms with van der Waals surface area (Å²) >= 11 is 0. The Morgan fingerprint density at radius 1 is 1.50 bits per heavy atom. The van der Waals surface area contributed by atoms with E-state index in [2.05, 4.69) is 20.3 Å². The number of hydrogen-bond donors (Lipinski definition) is 0. The summed E-state index contributed by atoms with van der Waals surface area (Å²) in [7, 11) is 0. The Morgan fingerprint density at radius 2 is 1.67 bits per heavy atom. The predicted octanol–water partition coefficient (Wildman–Crippen LogP) is -1.38. The van der Waals surface area contributed by atoms with Crippen molar-refractivity contribution in [2.24, 2.45) is 0 Å². The third-order valence-corrected chi connectivity index (χ3v) is 0.408. The van der Waals surface area contributed by atoms with E-state index in [4.69, 9.17) is 0 Å². The van der Waals surface area contributed by atoms with Crippen LogP contribution in [-0.2, 0) is 19.5 Å². The third kappa shape index (κ3) is 20.6. The summed E-state index contributed by atoms with van der Waals surface area (Å²) in [6, 6.07) is 0. The second kappa shape index (κ2) is 16.8. The number of rotatable bonds is 1. The number of unbranched alkanes of at least 4 members (excludes halogenated alkanes) is 1. The molecule has 0 amide bonds. The zero-order chi connectivity index (χ0) is 3.41. The molecule has 0 saturated carbocycles. The van der Waals surface area contributed by atoms with Crippen molar-refractivity contribution < 1.29 is 31.9 Å². The van der Waals surface area contributed by atoms with Crippen LogP contribution in [0.25, 0.3) is 0 Å². The van der Waals surface area contributed by atoms with E-state index in [1.54, 1.807) is 0 Å². The van der Waals surface area contributed by atoms with Crippen LogP contribution in [0.5, 0.6) is 0 Å². The molecule has 35 valence electrons. The van der Waals surface area contributed by atoms with Gasteiger partial charge in [0.15, 0.2) is 0 Å². The molecular weight excluding hydrogens is 149 g/mol. The topological polar surface area (TPSA) is 0 Å². The molecule has 0 atom stereocenters. The first-order valence-electron chi connectivity index (χ1n) is 1.69. The maximum absolute atomic E-state index is 2.12. The fourth-order valence-corrected chi connectivity index (χ4v) is 0. The van der Waals surface area contributed by atoms with Crippen molar-refractivity contribution in [1.82, 2.24) is 0 Å². The molecule has 0 nitrogen and oxygen atoms in total. The first kappa shape index (κ1) is 15.8. The Hall–Kier alpha value is 0.913. The summed E-state index contributed by atoms with van der Waals surface area (Å²) in [5.74, 6) is 0. The quantitative estimate of drug-likeness (QED) is 0.412. The van der Waals surface area contributed by atoms with Gasteiger partial charge < -0.3 is 12.4 Å². The SMILES string of the molecule is C[CH]CC.[Cl-].[Zn]. The zero-order valence-corrected chi connectivity index (χ0v) is 8.09. The Labute approximate surface area is 58.9 Å². The van der Waals surface area contributed by atoms with E-state index >= 15 is 0 Å². The molecule has 6 heavy (non-hydrogen) atoms. The van der Waals surface area contributed by atoms with Crippen molar-refractivity contribution in [3.8, 4) is 0 Å². The summed E-state index contributed by atoms with van der Waals surface area (Å²) in [4.78, 5) is 0. The van der Waals surface area contributed by atoms with E-state index in [0.717, 1.165) is 0 Å². The first-order chi connectivity index (χ1) is 1.91. The molecule has 0 heterocycles. The van der Waals surface area contributed by atoms with Gasteiger partial charge in [-0.15, -0.1) is 0 Å². The second-order valence-electron chi connectivity index (χ2n) is 0.816. The van der Waals surface area contributed by atoms with Crippen LogP contribution >= 0.6 is 0 Å². The Balaban J connectivity index is -0.0000000450. The van der Waals surface area contributed by atoms with Crippen LogP contribution < -0.4 is 12.4 Å². The van der Waals surface area contributed by atoms with Crippen LogP contribution in [-0.4, -0.2) is 0 Å². The smallest absolute Gasteiger partial charge is 0 e. The van der Waals surface area contributed by atoms with Gasteiger partial charge >= 0.3 is 0 Å². The van der Waals surface area contributed by atoms with Crippen molar-refractivity contribution >= 4 is 0 Å². The van der Waals surface area contributed by atoms with Gasteiger partial charge in [0.2, 0.25) is 0 Å².